The molecule has 0 saturated carbocycles. The molecular formula is C14H21N5O4. The first-order chi connectivity index (χ1) is 10.8. The standard InChI is InChI=1S/C14H21N5O4/c1-9-15-11(16-23-9)6-18-4-10-5-19(13(22)17(2)3)8-14(10,7-18)12(20)21/h10H,4-8H2,1-3H3,(H,20,21)/t10-,14-/m0/s1. The number of likely N-dealkylation sites (tertiary alicyclic amines) is 2. The van der Waals surface area contributed by atoms with Crippen LogP contribution < -0.4 is 0 Å². The van der Waals surface area contributed by atoms with Crippen molar-refractivity contribution in [3.63, 3.8) is 0 Å². The SMILES string of the molecule is Cc1nc(CN2C[C@H]3CN(C(=O)N(C)C)C[C@@]3(C(=O)O)C2)no1. The zero-order chi connectivity index (χ0) is 16.8. The maximum absolute atomic E-state index is 12.1. The van der Waals surface area contributed by atoms with Crippen LogP contribution >= 0.6 is 0 Å². The molecule has 2 aliphatic rings. The molecule has 126 valence electrons. The summed E-state index contributed by atoms with van der Waals surface area (Å²) in [6.07, 6.45) is 0. The number of nitrogens with zero attached hydrogens (tertiary/aromatic N) is 5. The number of fused-ring (bicyclic) bond motifs is 1. The number of hydrogen-bond donors (Lipinski definition) is 1. The van der Waals surface area contributed by atoms with Gasteiger partial charge >= 0.3 is 12.0 Å². The van der Waals surface area contributed by atoms with Crippen LogP contribution in [0.25, 0.3) is 0 Å². The van der Waals surface area contributed by atoms with E-state index in [1.165, 1.54) is 4.90 Å². The van der Waals surface area contributed by atoms with Crippen LogP contribution in [-0.4, -0.2) is 82.2 Å². The van der Waals surface area contributed by atoms with Crippen molar-refractivity contribution in [2.75, 3.05) is 40.3 Å². The van der Waals surface area contributed by atoms with E-state index in [0.717, 1.165) is 0 Å². The first kappa shape index (κ1) is 15.7. The molecule has 0 bridgehead atoms. The third-order valence-corrected chi connectivity index (χ3v) is 4.69. The number of aliphatic carboxylic acids is 1. The van der Waals surface area contributed by atoms with Gasteiger partial charge in [0.1, 0.15) is 5.41 Å². The smallest absolute Gasteiger partial charge is 0.319 e. The molecule has 2 atom stereocenters. The fourth-order valence-electron chi connectivity index (χ4n) is 3.63. The van der Waals surface area contributed by atoms with E-state index >= 15 is 0 Å². The number of carbonyl (C=O) groups excluding carboxylic acids is 1. The summed E-state index contributed by atoms with van der Waals surface area (Å²) in [7, 11) is 3.35. The average Bonchev–Trinajstić information content (AvgIpc) is 3.11. The van der Waals surface area contributed by atoms with E-state index in [9.17, 15) is 14.7 Å². The van der Waals surface area contributed by atoms with Crippen molar-refractivity contribution in [2.45, 2.75) is 13.5 Å². The molecule has 0 aliphatic carbocycles. The zero-order valence-electron chi connectivity index (χ0n) is 13.5. The van der Waals surface area contributed by atoms with E-state index < -0.39 is 11.4 Å². The lowest BCUT2D eigenvalue weighted by molar-refractivity contribution is -0.148. The maximum Gasteiger partial charge on any atom is 0.319 e. The van der Waals surface area contributed by atoms with E-state index in [2.05, 4.69) is 10.1 Å². The number of carboxylic acid groups (broad SMARTS) is 1. The van der Waals surface area contributed by atoms with E-state index in [1.807, 2.05) is 4.90 Å². The molecule has 1 aromatic rings. The number of aromatic nitrogens is 2. The molecule has 0 radical (unpaired) electrons. The van der Waals surface area contributed by atoms with Crippen LogP contribution in [0.4, 0.5) is 4.79 Å². The third-order valence-electron chi connectivity index (χ3n) is 4.69. The van der Waals surface area contributed by atoms with Crippen LogP contribution in [-0.2, 0) is 11.3 Å². The summed E-state index contributed by atoms with van der Waals surface area (Å²) >= 11 is 0. The number of carbonyl (C=O) groups is 2. The fraction of sp³-hybridized carbons (Fsp3) is 0.714. The lowest BCUT2D eigenvalue weighted by Crippen LogP contribution is -2.44. The monoisotopic (exact) mass is 323 g/mol. The van der Waals surface area contributed by atoms with Crippen molar-refractivity contribution in [3.05, 3.63) is 11.7 Å². The number of hydrogen-bond acceptors (Lipinski definition) is 6. The van der Waals surface area contributed by atoms with E-state index in [1.54, 1.807) is 25.9 Å². The summed E-state index contributed by atoms with van der Waals surface area (Å²) < 4.78 is 4.95. The molecule has 3 heterocycles. The molecule has 0 spiro atoms. The van der Waals surface area contributed by atoms with Crippen molar-refractivity contribution < 1.29 is 19.2 Å². The first-order valence-electron chi connectivity index (χ1n) is 7.53. The Morgan fingerprint density at radius 2 is 2.13 bits per heavy atom. The van der Waals surface area contributed by atoms with Gasteiger partial charge in [-0.2, -0.15) is 4.98 Å². The number of carboxylic acids is 1. The summed E-state index contributed by atoms with van der Waals surface area (Å²) in [5.41, 5.74) is -0.912. The minimum absolute atomic E-state index is 0.0862. The minimum atomic E-state index is -0.912. The van der Waals surface area contributed by atoms with Gasteiger partial charge in [0.15, 0.2) is 5.82 Å². The van der Waals surface area contributed by atoms with Gasteiger partial charge in [-0.25, -0.2) is 4.79 Å². The highest BCUT2D eigenvalue weighted by molar-refractivity contribution is 5.80. The molecule has 23 heavy (non-hydrogen) atoms. The van der Waals surface area contributed by atoms with Crippen LogP contribution in [0.3, 0.4) is 0 Å². The highest BCUT2D eigenvalue weighted by atomic mass is 16.5. The molecule has 2 fully saturated rings. The Kier molecular flexibility index (Phi) is 3.75. The Balaban J connectivity index is 1.73. The minimum Gasteiger partial charge on any atom is -0.481 e. The van der Waals surface area contributed by atoms with E-state index in [4.69, 9.17) is 4.52 Å². The van der Waals surface area contributed by atoms with Gasteiger partial charge in [-0.15, -0.1) is 0 Å². The number of rotatable bonds is 3. The number of aryl methyl sites for hydroxylation is 1. The van der Waals surface area contributed by atoms with Gasteiger partial charge in [0.2, 0.25) is 5.89 Å². The van der Waals surface area contributed by atoms with Crippen molar-refractivity contribution >= 4 is 12.0 Å². The molecule has 3 rings (SSSR count). The molecule has 9 heteroatoms. The van der Waals surface area contributed by atoms with E-state index in [0.29, 0.717) is 37.9 Å². The van der Waals surface area contributed by atoms with Gasteiger partial charge in [0, 0.05) is 53.1 Å². The quantitative estimate of drug-likeness (QED) is 0.827. The lowest BCUT2D eigenvalue weighted by Gasteiger charge is -2.26. The number of amides is 2. The van der Waals surface area contributed by atoms with Crippen molar-refractivity contribution in [2.24, 2.45) is 11.3 Å². The van der Waals surface area contributed by atoms with Crippen LogP contribution in [0.15, 0.2) is 4.52 Å². The van der Waals surface area contributed by atoms with Gasteiger partial charge < -0.3 is 19.4 Å². The molecule has 1 aromatic heterocycles. The topological polar surface area (TPSA) is 103 Å². The van der Waals surface area contributed by atoms with Gasteiger partial charge in [0.25, 0.3) is 0 Å². The van der Waals surface area contributed by atoms with Gasteiger partial charge in [-0.1, -0.05) is 5.16 Å². The van der Waals surface area contributed by atoms with Crippen molar-refractivity contribution in [1.29, 1.82) is 0 Å². The summed E-state index contributed by atoms with van der Waals surface area (Å²) in [6, 6.07) is -0.139. The van der Waals surface area contributed by atoms with Gasteiger partial charge in [-0.3, -0.25) is 9.69 Å². The predicted molar refractivity (Wildman–Crippen MR) is 78.5 cm³/mol. The summed E-state index contributed by atoms with van der Waals surface area (Å²) in [5.74, 6) is 0.125. The van der Waals surface area contributed by atoms with Gasteiger partial charge in [-0.05, 0) is 0 Å². The molecule has 0 aromatic carbocycles. The number of urea groups is 1. The Morgan fingerprint density at radius 3 is 2.65 bits per heavy atom. The highest BCUT2D eigenvalue weighted by Crippen LogP contribution is 2.43. The molecular weight excluding hydrogens is 302 g/mol. The predicted octanol–water partition coefficient (Wildman–Crippen LogP) is -0.122. The Bertz CT molecular complexity index is 630. The first-order valence-corrected chi connectivity index (χ1v) is 7.53. The second-order valence-electron chi connectivity index (χ2n) is 6.61. The largest absolute Gasteiger partial charge is 0.481 e. The van der Waals surface area contributed by atoms with Crippen LogP contribution in [0.5, 0.6) is 0 Å². The molecule has 2 saturated heterocycles. The normalized spacial score (nSPS) is 27.3. The Hall–Kier alpha value is -2.16. The second-order valence-corrected chi connectivity index (χ2v) is 6.61. The van der Waals surface area contributed by atoms with Crippen LogP contribution in [0, 0.1) is 18.3 Å². The van der Waals surface area contributed by atoms with Gasteiger partial charge in [0.05, 0.1) is 6.54 Å². The molecule has 1 N–H and O–H groups in total. The molecule has 2 aliphatic heterocycles. The average molecular weight is 323 g/mol. The molecule has 2 amide bonds. The van der Waals surface area contributed by atoms with Crippen LogP contribution in [0.1, 0.15) is 11.7 Å². The summed E-state index contributed by atoms with van der Waals surface area (Å²) in [6.45, 7) is 3.88. The Morgan fingerprint density at radius 1 is 1.39 bits per heavy atom. The Labute approximate surface area is 133 Å². The van der Waals surface area contributed by atoms with Crippen molar-refractivity contribution in [1.82, 2.24) is 24.8 Å². The van der Waals surface area contributed by atoms with E-state index in [-0.39, 0.29) is 18.5 Å². The van der Waals surface area contributed by atoms with Crippen molar-refractivity contribution in [3.8, 4) is 0 Å². The summed E-state index contributed by atoms with van der Waals surface area (Å²) in [4.78, 5) is 33.4. The summed E-state index contributed by atoms with van der Waals surface area (Å²) in [5, 5.41) is 13.6. The zero-order valence-corrected chi connectivity index (χ0v) is 13.5. The fourth-order valence-corrected chi connectivity index (χ4v) is 3.63. The van der Waals surface area contributed by atoms with Crippen LogP contribution in [0.2, 0.25) is 0 Å². The lowest BCUT2D eigenvalue weighted by atomic mass is 9.81. The highest BCUT2D eigenvalue weighted by Gasteiger charge is 2.58. The third kappa shape index (κ3) is 2.65. The second kappa shape index (κ2) is 5.48. The molecule has 0 unspecified atom stereocenters. The molecule has 9 nitrogen and oxygen atoms in total. The maximum atomic E-state index is 12.1.